The maximum absolute atomic E-state index is 12.2. The van der Waals surface area contributed by atoms with Gasteiger partial charge in [-0.1, -0.05) is 23.7 Å². The molecule has 0 radical (unpaired) electrons. The van der Waals surface area contributed by atoms with Crippen molar-refractivity contribution in [2.45, 2.75) is 6.92 Å². The molecule has 0 aliphatic heterocycles. The summed E-state index contributed by atoms with van der Waals surface area (Å²) in [7, 11) is 0. The molecule has 1 amide bonds. The lowest BCUT2D eigenvalue weighted by atomic mass is 10.3. The van der Waals surface area contributed by atoms with Gasteiger partial charge in [-0.3, -0.25) is 4.79 Å². The average molecular weight is 356 g/mol. The van der Waals surface area contributed by atoms with E-state index in [0.717, 1.165) is 4.47 Å². The third-order valence-corrected chi connectivity index (χ3v) is 3.45. The number of hydrogen-bond donors (Lipinski definition) is 1. The first-order valence-corrected chi connectivity index (χ1v) is 7.14. The summed E-state index contributed by atoms with van der Waals surface area (Å²) in [4.78, 5) is 16.3. The summed E-state index contributed by atoms with van der Waals surface area (Å²) in [6.45, 7) is 2.32. The summed E-state index contributed by atoms with van der Waals surface area (Å²) in [5.41, 5.74) is 0.783. The smallest absolute Gasteiger partial charge is 0.275 e. The van der Waals surface area contributed by atoms with Crippen LogP contribution < -0.4 is 10.1 Å². The van der Waals surface area contributed by atoms with E-state index < -0.39 is 0 Å². The molecule has 0 aliphatic carbocycles. The number of anilines is 1. The average Bonchev–Trinajstić information content (AvgIpc) is 2.43. The molecule has 0 fully saturated rings. The number of amides is 1. The van der Waals surface area contributed by atoms with Crippen molar-refractivity contribution in [2.75, 3.05) is 11.9 Å². The van der Waals surface area contributed by atoms with Crippen LogP contribution in [-0.4, -0.2) is 17.5 Å². The first-order chi connectivity index (χ1) is 9.61. The Labute approximate surface area is 130 Å². The van der Waals surface area contributed by atoms with E-state index in [0.29, 0.717) is 18.2 Å². The molecule has 20 heavy (non-hydrogen) atoms. The van der Waals surface area contributed by atoms with Gasteiger partial charge in [0.1, 0.15) is 0 Å². The van der Waals surface area contributed by atoms with Crippen LogP contribution >= 0.6 is 27.5 Å². The number of halogens is 2. The highest BCUT2D eigenvalue weighted by molar-refractivity contribution is 9.10. The van der Waals surface area contributed by atoms with Gasteiger partial charge in [-0.2, -0.15) is 0 Å². The summed E-state index contributed by atoms with van der Waals surface area (Å²) in [5.74, 6) is -0.0161. The Bertz CT molecular complexity index is 634. The third kappa shape index (κ3) is 3.49. The predicted molar refractivity (Wildman–Crippen MR) is 82.5 cm³/mol. The Balaban J connectivity index is 2.25. The van der Waals surface area contributed by atoms with Gasteiger partial charge in [0.2, 0.25) is 5.88 Å². The molecule has 0 saturated heterocycles. The molecule has 0 aliphatic rings. The highest BCUT2D eigenvalue weighted by atomic mass is 79.9. The minimum Gasteiger partial charge on any atom is -0.478 e. The number of aromatic nitrogens is 1. The molecular weight excluding hydrogens is 344 g/mol. The molecule has 1 heterocycles. The topological polar surface area (TPSA) is 51.2 Å². The van der Waals surface area contributed by atoms with Crippen LogP contribution in [0.2, 0.25) is 5.02 Å². The number of para-hydroxylation sites is 1. The van der Waals surface area contributed by atoms with E-state index in [1.807, 2.05) is 25.1 Å². The molecule has 6 heteroatoms. The number of ether oxygens (including phenoxy) is 1. The normalized spacial score (nSPS) is 10.2. The molecule has 2 rings (SSSR count). The summed E-state index contributed by atoms with van der Waals surface area (Å²) < 4.78 is 6.05. The van der Waals surface area contributed by atoms with Crippen LogP contribution in [0, 0.1) is 0 Å². The zero-order chi connectivity index (χ0) is 14.5. The molecule has 0 atom stereocenters. The highest BCUT2D eigenvalue weighted by Gasteiger charge is 2.15. The van der Waals surface area contributed by atoms with E-state index in [1.165, 1.54) is 0 Å². The molecular formula is C14H12BrClN2O2. The van der Waals surface area contributed by atoms with Crippen LogP contribution in [0.1, 0.15) is 17.4 Å². The monoisotopic (exact) mass is 354 g/mol. The summed E-state index contributed by atoms with van der Waals surface area (Å²) >= 11 is 9.37. The van der Waals surface area contributed by atoms with Crippen LogP contribution in [0.3, 0.4) is 0 Å². The fourth-order valence-corrected chi connectivity index (χ4v) is 2.13. The second kappa shape index (κ2) is 6.72. The van der Waals surface area contributed by atoms with Gasteiger partial charge >= 0.3 is 0 Å². The molecule has 0 spiro atoms. The van der Waals surface area contributed by atoms with Crippen LogP contribution in [0.5, 0.6) is 5.88 Å². The second-order valence-corrected chi connectivity index (χ2v) is 5.11. The van der Waals surface area contributed by atoms with Gasteiger partial charge in [0.05, 0.1) is 17.3 Å². The van der Waals surface area contributed by atoms with Gasteiger partial charge in [-0.25, -0.2) is 4.98 Å². The van der Waals surface area contributed by atoms with E-state index in [-0.39, 0.29) is 16.6 Å². The highest BCUT2D eigenvalue weighted by Crippen LogP contribution is 2.24. The van der Waals surface area contributed by atoms with Crippen molar-refractivity contribution < 1.29 is 9.53 Å². The Morgan fingerprint density at radius 2 is 2.10 bits per heavy atom. The van der Waals surface area contributed by atoms with Crippen molar-refractivity contribution in [3.8, 4) is 5.88 Å². The van der Waals surface area contributed by atoms with Crippen molar-refractivity contribution in [2.24, 2.45) is 0 Å². The Morgan fingerprint density at radius 1 is 1.35 bits per heavy atom. The number of nitrogens with zero attached hydrogens (tertiary/aromatic N) is 1. The Kier molecular flexibility index (Phi) is 4.98. The Morgan fingerprint density at radius 3 is 2.80 bits per heavy atom. The lowest BCUT2D eigenvalue weighted by Crippen LogP contribution is -2.15. The molecule has 1 aromatic carbocycles. The summed E-state index contributed by atoms with van der Waals surface area (Å²) in [6, 6.07) is 10.5. The first-order valence-electron chi connectivity index (χ1n) is 5.97. The molecule has 0 bridgehead atoms. The number of pyridine rings is 1. The fraction of sp³-hybridized carbons (Fsp3) is 0.143. The van der Waals surface area contributed by atoms with Gasteiger partial charge in [0.15, 0.2) is 5.69 Å². The van der Waals surface area contributed by atoms with Gasteiger partial charge in [-0.15, -0.1) is 0 Å². The van der Waals surface area contributed by atoms with Gasteiger partial charge < -0.3 is 10.1 Å². The van der Waals surface area contributed by atoms with Gasteiger partial charge in [0.25, 0.3) is 5.91 Å². The zero-order valence-electron chi connectivity index (χ0n) is 10.7. The SMILES string of the molecule is CCOc1ccc(Cl)c(C(=O)Nc2ccccc2Br)n1. The van der Waals surface area contributed by atoms with E-state index >= 15 is 0 Å². The summed E-state index contributed by atoms with van der Waals surface area (Å²) in [6.07, 6.45) is 0. The van der Waals surface area contributed by atoms with E-state index in [1.54, 1.807) is 18.2 Å². The van der Waals surface area contributed by atoms with E-state index in [2.05, 4.69) is 26.2 Å². The Hall–Kier alpha value is -1.59. The standard InChI is InChI=1S/C14H12BrClN2O2/c1-2-20-12-8-7-10(16)13(18-12)14(19)17-11-6-4-3-5-9(11)15/h3-8H,2H2,1H3,(H,17,19). The van der Waals surface area contributed by atoms with Crippen molar-refractivity contribution >= 4 is 39.1 Å². The maximum atomic E-state index is 12.2. The van der Waals surface area contributed by atoms with E-state index in [9.17, 15) is 4.79 Å². The number of hydrogen-bond acceptors (Lipinski definition) is 3. The quantitative estimate of drug-likeness (QED) is 0.896. The number of rotatable bonds is 4. The first kappa shape index (κ1) is 14.8. The van der Waals surface area contributed by atoms with Gasteiger partial charge in [0, 0.05) is 10.5 Å². The summed E-state index contributed by atoms with van der Waals surface area (Å²) in [5, 5.41) is 3.02. The van der Waals surface area contributed by atoms with Crippen LogP contribution in [0.25, 0.3) is 0 Å². The van der Waals surface area contributed by atoms with Crippen LogP contribution in [-0.2, 0) is 0 Å². The minimum atomic E-state index is -0.386. The van der Waals surface area contributed by atoms with Crippen molar-refractivity contribution in [3.63, 3.8) is 0 Å². The molecule has 1 N–H and O–H groups in total. The molecule has 104 valence electrons. The van der Waals surface area contributed by atoms with E-state index in [4.69, 9.17) is 16.3 Å². The van der Waals surface area contributed by atoms with Crippen molar-refractivity contribution in [1.82, 2.24) is 4.98 Å². The number of benzene rings is 1. The van der Waals surface area contributed by atoms with Crippen molar-refractivity contribution in [1.29, 1.82) is 0 Å². The minimum absolute atomic E-state index is 0.133. The second-order valence-electron chi connectivity index (χ2n) is 3.85. The number of nitrogens with one attached hydrogen (secondary N) is 1. The molecule has 0 saturated carbocycles. The third-order valence-electron chi connectivity index (χ3n) is 2.45. The predicted octanol–water partition coefficient (Wildman–Crippen LogP) is 4.15. The van der Waals surface area contributed by atoms with Gasteiger partial charge in [-0.05, 0) is 41.1 Å². The van der Waals surface area contributed by atoms with Crippen LogP contribution in [0.15, 0.2) is 40.9 Å². The number of carbonyl (C=O) groups is 1. The molecule has 4 nitrogen and oxygen atoms in total. The molecule has 1 aromatic heterocycles. The fourth-order valence-electron chi connectivity index (χ4n) is 1.56. The maximum Gasteiger partial charge on any atom is 0.275 e. The van der Waals surface area contributed by atoms with Crippen LogP contribution in [0.4, 0.5) is 5.69 Å². The van der Waals surface area contributed by atoms with Crippen molar-refractivity contribution in [3.05, 3.63) is 51.6 Å². The molecule has 0 unspecified atom stereocenters. The lowest BCUT2D eigenvalue weighted by Gasteiger charge is -2.09. The number of carbonyl (C=O) groups excluding carboxylic acids is 1. The zero-order valence-corrected chi connectivity index (χ0v) is 13.0. The molecule has 2 aromatic rings. The largest absolute Gasteiger partial charge is 0.478 e. The lowest BCUT2D eigenvalue weighted by molar-refractivity contribution is 0.102.